The molecule has 1 rings (SSSR count). The fourth-order valence-electron chi connectivity index (χ4n) is 2.81. The first kappa shape index (κ1) is 16.0. The highest BCUT2D eigenvalue weighted by molar-refractivity contribution is 4.62. The van der Waals surface area contributed by atoms with E-state index in [4.69, 9.17) is 9.47 Å². The first-order chi connectivity index (χ1) is 8.83. The van der Waals surface area contributed by atoms with Gasteiger partial charge in [0.05, 0.1) is 6.10 Å². The lowest BCUT2D eigenvalue weighted by Crippen LogP contribution is -2.22. The normalized spacial score (nSPS) is 23.0. The van der Waals surface area contributed by atoms with Crippen LogP contribution < -0.4 is 0 Å². The summed E-state index contributed by atoms with van der Waals surface area (Å²) >= 11 is 0. The van der Waals surface area contributed by atoms with Gasteiger partial charge in [-0.3, -0.25) is 0 Å². The summed E-state index contributed by atoms with van der Waals surface area (Å²) in [4.78, 5) is 0. The Morgan fingerprint density at radius 2 is 1.28 bits per heavy atom. The van der Waals surface area contributed by atoms with Crippen LogP contribution in [0.2, 0.25) is 0 Å². The molecule has 0 heterocycles. The smallest absolute Gasteiger partial charge is 0.155 e. The Morgan fingerprint density at radius 3 is 1.72 bits per heavy atom. The van der Waals surface area contributed by atoms with Crippen molar-refractivity contribution < 1.29 is 9.47 Å². The van der Waals surface area contributed by atoms with Gasteiger partial charge in [0, 0.05) is 6.61 Å². The zero-order chi connectivity index (χ0) is 13.1. The van der Waals surface area contributed by atoms with Crippen LogP contribution in [-0.2, 0) is 9.47 Å². The summed E-state index contributed by atoms with van der Waals surface area (Å²) in [6.45, 7) is 4.80. The molecule has 0 spiro atoms. The molecular weight excluding hydrogens is 224 g/mol. The molecule has 108 valence electrons. The van der Waals surface area contributed by atoms with Gasteiger partial charge in [0.2, 0.25) is 0 Å². The van der Waals surface area contributed by atoms with Crippen LogP contribution in [0.3, 0.4) is 0 Å². The summed E-state index contributed by atoms with van der Waals surface area (Å²) in [5.74, 6) is 0. The van der Waals surface area contributed by atoms with Crippen LogP contribution in [0, 0.1) is 0 Å². The van der Waals surface area contributed by atoms with Crippen molar-refractivity contribution >= 4 is 0 Å². The van der Waals surface area contributed by atoms with Crippen LogP contribution in [0.1, 0.15) is 84.5 Å². The number of hydrogen-bond acceptors (Lipinski definition) is 2. The van der Waals surface area contributed by atoms with E-state index in [1.807, 2.05) is 13.8 Å². The summed E-state index contributed by atoms with van der Waals surface area (Å²) in [6.07, 6.45) is 15.4. The van der Waals surface area contributed by atoms with E-state index in [1.54, 1.807) is 0 Å². The molecule has 1 aliphatic carbocycles. The lowest BCUT2D eigenvalue weighted by atomic mass is 9.99. The fourth-order valence-corrected chi connectivity index (χ4v) is 2.81. The molecule has 0 bridgehead atoms. The van der Waals surface area contributed by atoms with E-state index in [0.29, 0.717) is 6.10 Å². The molecule has 1 unspecified atom stereocenters. The van der Waals surface area contributed by atoms with E-state index in [-0.39, 0.29) is 6.29 Å². The molecule has 2 heteroatoms. The summed E-state index contributed by atoms with van der Waals surface area (Å²) in [6, 6.07) is 0. The van der Waals surface area contributed by atoms with E-state index in [0.717, 1.165) is 6.61 Å². The summed E-state index contributed by atoms with van der Waals surface area (Å²) in [7, 11) is 0. The first-order valence-electron chi connectivity index (χ1n) is 8.10. The van der Waals surface area contributed by atoms with Crippen molar-refractivity contribution in [3.05, 3.63) is 0 Å². The van der Waals surface area contributed by atoms with Gasteiger partial charge in [-0.1, -0.05) is 57.8 Å². The molecule has 0 aromatic heterocycles. The Morgan fingerprint density at radius 1 is 0.833 bits per heavy atom. The number of hydrogen-bond donors (Lipinski definition) is 0. The van der Waals surface area contributed by atoms with Gasteiger partial charge in [0.15, 0.2) is 6.29 Å². The molecule has 0 N–H and O–H groups in total. The summed E-state index contributed by atoms with van der Waals surface area (Å²) in [5.41, 5.74) is 0. The molecule has 18 heavy (non-hydrogen) atoms. The minimum Gasteiger partial charge on any atom is -0.353 e. The average Bonchev–Trinajstić information content (AvgIpc) is 2.33. The largest absolute Gasteiger partial charge is 0.353 e. The minimum atomic E-state index is -0.0343. The fraction of sp³-hybridized carbons (Fsp3) is 1.00. The van der Waals surface area contributed by atoms with Crippen LogP contribution >= 0.6 is 0 Å². The molecule has 0 aliphatic heterocycles. The Balaban J connectivity index is 2.27. The van der Waals surface area contributed by atoms with Crippen LogP contribution in [0.25, 0.3) is 0 Å². The third-order valence-electron chi connectivity index (χ3n) is 3.84. The second-order valence-corrected chi connectivity index (χ2v) is 5.54. The second-order valence-electron chi connectivity index (χ2n) is 5.54. The highest BCUT2D eigenvalue weighted by atomic mass is 16.7. The standard InChI is InChI=1S/C16H32O2/c1-3-17-15(2)18-16-13-11-9-7-5-4-6-8-10-12-14-16/h15-16H,3-14H2,1-2H3. The van der Waals surface area contributed by atoms with Gasteiger partial charge < -0.3 is 9.47 Å². The van der Waals surface area contributed by atoms with E-state index < -0.39 is 0 Å². The predicted molar refractivity (Wildman–Crippen MR) is 76.7 cm³/mol. The molecule has 1 fully saturated rings. The maximum absolute atomic E-state index is 6.01. The van der Waals surface area contributed by atoms with Gasteiger partial charge >= 0.3 is 0 Å². The molecule has 1 atom stereocenters. The molecule has 0 aromatic rings. The van der Waals surface area contributed by atoms with Gasteiger partial charge in [0.1, 0.15) is 0 Å². The third-order valence-corrected chi connectivity index (χ3v) is 3.84. The average molecular weight is 256 g/mol. The number of rotatable bonds is 4. The summed E-state index contributed by atoms with van der Waals surface area (Å²) in [5, 5.41) is 0. The first-order valence-corrected chi connectivity index (χ1v) is 8.10. The molecule has 0 amide bonds. The zero-order valence-corrected chi connectivity index (χ0v) is 12.5. The number of ether oxygens (including phenoxy) is 2. The monoisotopic (exact) mass is 256 g/mol. The molecular formula is C16H32O2. The van der Waals surface area contributed by atoms with E-state index in [9.17, 15) is 0 Å². The van der Waals surface area contributed by atoms with Crippen molar-refractivity contribution in [1.82, 2.24) is 0 Å². The van der Waals surface area contributed by atoms with Crippen molar-refractivity contribution in [2.45, 2.75) is 96.9 Å². The van der Waals surface area contributed by atoms with Gasteiger partial charge in [0.25, 0.3) is 0 Å². The van der Waals surface area contributed by atoms with Crippen LogP contribution in [-0.4, -0.2) is 19.0 Å². The van der Waals surface area contributed by atoms with Crippen LogP contribution in [0.4, 0.5) is 0 Å². The SMILES string of the molecule is CCOC(C)OC1CCCCCCCCCCC1. The predicted octanol–water partition coefficient (Wildman–Crippen LogP) is 5.06. The summed E-state index contributed by atoms with van der Waals surface area (Å²) < 4.78 is 11.5. The molecule has 0 saturated heterocycles. The van der Waals surface area contributed by atoms with Crippen molar-refractivity contribution in [2.24, 2.45) is 0 Å². The molecule has 0 aromatic carbocycles. The minimum absolute atomic E-state index is 0.0343. The second kappa shape index (κ2) is 10.8. The van der Waals surface area contributed by atoms with E-state index in [2.05, 4.69) is 0 Å². The van der Waals surface area contributed by atoms with Crippen molar-refractivity contribution in [1.29, 1.82) is 0 Å². The van der Waals surface area contributed by atoms with Crippen LogP contribution in [0.15, 0.2) is 0 Å². The lowest BCUT2D eigenvalue weighted by molar-refractivity contribution is -0.160. The Hall–Kier alpha value is -0.0800. The van der Waals surface area contributed by atoms with E-state index >= 15 is 0 Å². The Kier molecular flexibility index (Phi) is 9.59. The molecule has 1 aliphatic rings. The van der Waals surface area contributed by atoms with Crippen molar-refractivity contribution in [3.63, 3.8) is 0 Å². The maximum Gasteiger partial charge on any atom is 0.155 e. The lowest BCUT2D eigenvalue weighted by Gasteiger charge is -2.23. The van der Waals surface area contributed by atoms with Crippen molar-refractivity contribution in [2.75, 3.05) is 6.61 Å². The van der Waals surface area contributed by atoms with E-state index in [1.165, 1.54) is 70.6 Å². The topological polar surface area (TPSA) is 18.5 Å². The van der Waals surface area contributed by atoms with Crippen molar-refractivity contribution in [3.8, 4) is 0 Å². The zero-order valence-electron chi connectivity index (χ0n) is 12.5. The van der Waals surface area contributed by atoms with Gasteiger partial charge in [-0.2, -0.15) is 0 Å². The molecule has 0 radical (unpaired) electrons. The molecule has 1 saturated carbocycles. The highest BCUT2D eigenvalue weighted by Gasteiger charge is 2.13. The van der Waals surface area contributed by atoms with Gasteiger partial charge in [-0.25, -0.2) is 0 Å². The van der Waals surface area contributed by atoms with Crippen LogP contribution in [0.5, 0.6) is 0 Å². The Labute approximate surface area is 113 Å². The highest BCUT2D eigenvalue weighted by Crippen LogP contribution is 2.19. The quantitative estimate of drug-likeness (QED) is 0.655. The van der Waals surface area contributed by atoms with Gasteiger partial charge in [-0.15, -0.1) is 0 Å². The molecule has 2 nitrogen and oxygen atoms in total. The van der Waals surface area contributed by atoms with Gasteiger partial charge in [-0.05, 0) is 26.7 Å². The third kappa shape index (κ3) is 8.10. The Bertz CT molecular complexity index is 170. The maximum atomic E-state index is 6.01.